The smallest absolute Gasteiger partial charge is 0.138 e. The van der Waals surface area contributed by atoms with Gasteiger partial charge < -0.3 is 9.67 Å². The molecule has 1 aromatic carbocycles. The molecule has 116 valence electrons. The number of hydrogen-bond donors (Lipinski definition) is 1. The number of rotatable bonds is 2. The summed E-state index contributed by atoms with van der Waals surface area (Å²) in [5.74, 6) is 0.930. The Morgan fingerprint density at radius 2 is 2.04 bits per heavy atom. The lowest BCUT2D eigenvalue weighted by molar-refractivity contribution is 0.176. The molecule has 2 aromatic heterocycles. The monoisotopic (exact) mass is 309 g/mol. The van der Waals surface area contributed by atoms with Gasteiger partial charge >= 0.3 is 0 Å². The van der Waals surface area contributed by atoms with Crippen molar-refractivity contribution in [3.05, 3.63) is 47.8 Å². The van der Waals surface area contributed by atoms with Crippen LogP contribution in [0.4, 0.5) is 4.39 Å². The van der Waals surface area contributed by atoms with Crippen LogP contribution in [0.1, 0.15) is 42.8 Å². The van der Waals surface area contributed by atoms with Crippen LogP contribution in [0.3, 0.4) is 0 Å². The Bertz CT molecular complexity index is 912. The van der Waals surface area contributed by atoms with E-state index in [1.807, 2.05) is 22.8 Å². The summed E-state index contributed by atoms with van der Waals surface area (Å²) in [6, 6.07) is 7.23. The summed E-state index contributed by atoms with van der Waals surface area (Å²) >= 11 is 0. The highest BCUT2D eigenvalue weighted by Crippen LogP contribution is 2.39. The Morgan fingerprint density at radius 1 is 1.17 bits per heavy atom. The third-order valence-corrected chi connectivity index (χ3v) is 4.88. The highest BCUT2D eigenvalue weighted by atomic mass is 19.1. The predicted molar refractivity (Wildman–Crippen MR) is 84.5 cm³/mol. The van der Waals surface area contributed by atoms with E-state index in [1.54, 1.807) is 6.20 Å². The second-order valence-electron chi connectivity index (χ2n) is 6.49. The maximum atomic E-state index is 14.5. The summed E-state index contributed by atoms with van der Waals surface area (Å²) in [6.07, 6.45) is 4.29. The molecule has 5 rings (SSSR count). The van der Waals surface area contributed by atoms with Crippen molar-refractivity contribution in [2.45, 2.75) is 37.8 Å². The summed E-state index contributed by atoms with van der Waals surface area (Å²) in [7, 11) is 0. The molecule has 3 heterocycles. The van der Waals surface area contributed by atoms with E-state index in [0.29, 0.717) is 29.2 Å². The Morgan fingerprint density at radius 3 is 2.78 bits per heavy atom. The molecule has 1 N–H and O–H groups in total. The molecule has 1 atom stereocenters. The van der Waals surface area contributed by atoms with Crippen molar-refractivity contribution in [2.24, 2.45) is 0 Å². The lowest BCUT2D eigenvalue weighted by Gasteiger charge is -2.06. The Kier molecular flexibility index (Phi) is 2.65. The molecule has 3 aromatic rings. The van der Waals surface area contributed by atoms with Gasteiger partial charge in [0.15, 0.2) is 0 Å². The van der Waals surface area contributed by atoms with E-state index in [0.717, 1.165) is 23.3 Å². The molecule has 0 radical (unpaired) electrons. The first-order valence-corrected chi connectivity index (χ1v) is 8.05. The second kappa shape index (κ2) is 4.61. The molecule has 1 fully saturated rings. The van der Waals surface area contributed by atoms with Crippen molar-refractivity contribution in [1.82, 2.24) is 14.5 Å². The molecule has 0 spiro atoms. The fraction of sp³-hybridized carbons (Fsp3) is 0.333. The highest BCUT2D eigenvalue weighted by molar-refractivity contribution is 5.83. The van der Waals surface area contributed by atoms with Gasteiger partial charge in [0.2, 0.25) is 0 Å². The summed E-state index contributed by atoms with van der Waals surface area (Å²) in [5.41, 5.74) is 3.89. The van der Waals surface area contributed by atoms with E-state index in [2.05, 4.69) is 9.97 Å². The van der Waals surface area contributed by atoms with E-state index < -0.39 is 6.10 Å². The molecule has 0 bridgehead atoms. The fourth-order valence-corrected chi connectivity index (χ4v) is 3.44. The number of aromatic nitrogens is 3. The number of aliphatic hydroxyl groups is 1. The minimum Gasteiger partial charge on any atom is -0.385 e. The van der Waals surface area contributed by atoms with Crippen molar-refractivity contribution in [2.75, 3.05) is 0 Å². The van der Waals surface area contributed by atoms with Crippen molar-refractivity contribution in [1.29, 1.82) is 0 Å². The summed E-state index contributed by atoms with van der Waals surface area (Å²) in [5, 5.41) is 9.94. The summed E-state index contributed by atoms with van der Waals surface area (Å²) < 4.78 is 16.5. The SMILES string of the molecule is OC1CCn2c1nc1cc(F)c(-c3ccc(C4CC4)nc3)cc12. The fourth-order valence-electron chi connectivity index (χ4n) is 3.44. The topological polar surface area (TPSA) is 50.9 Å². The van der Waals surface area contributed by atoms with E-state index in [-0.39, 0.29) is 5.82 Å². The van der Waals surface area contributed by atoms with Crippen LogP contribution in [0.25, 0.3) is 22.2 Å². The third kappa shape index (κ3) is 2.00. The molecular weight excluding hydrogens is 293 g/mol. The van der Waals surface area contributed by atoms with Gasteiger partial charge in [-0.25, -0.2) is 9.37 Å². The van der Waals surface area contributed by atoms with Gasteiger partial charge in [-0.2, -0.15) is 0 Å². The standard InChI is InChI=1S/C18H16FN3O/c19-13-8-15-16(22-6-5-17(23)18(22)21-15)7-12(13)11-3-4-14(20-9-11)10-1-2-10/h3-4,7-10,17,23H,1-2,5-6H2. The summed E-state index contributed by atoms with van der Waals surface area (Å²) in [6.45, 7) is 0.719. The van der Waals surface area contributed by atoms with Gasteiger partial charge in [-0.15, -0.1) is 0 Å². The normalized spacial score (nSPS) is 20.2. The number of hydrogen-bond acceptors (Lipinski definition) is 3. The molecular formula is C18H16FN3O. The minimum absolute atomic E-state index is 0.301. The Hall–Kier alpha value is -2.27. The number of nitrogens with zero attached hydrogens (tertiary/aromatic N) is 3. The van der Waals surface area contributed by atoms with Gasteiger partial charge in [0, 0.05) is 41.5 Å². The van der Waals surface area contributed by atoms with E-state index >= 15 is 0 Å². The Labute approximate surface area is 132 Å². The maximum absolute atomic E-state index is 14.5. The number of benzene rings is 1. The first-order valence-electron chi connectivity index (χ1n) is 8.05. The average molecular weight is 309 g/mol. The molecule has 1 unspecified atom stereocenters. The zero-order valence-corrected chi connectivity index (χ0v) is 12.5. The van der Waals surface area contributed by atoms with Gasteiger partial charge in [0.25, 0.3) is 0 Å². The number of aliphatic hydroxyl groups excluding tert-OH is 1. The summed E-state index contributed by atoms with van der Waals surface area (Å²) in [4.78, 5) is 8.85. The van der Waals surface area contributed by atoms with Gasteiger partial charge in [0.05, 0.1) is 11.0 Å². The number of halogens is 1. The number of aryl methyl sites for hydroxylation is 1. The molecule has 1 aliphatic carbocycles. The van der Waals surface area contributed by atoms with Crippen LogP contribution in [0.5, 0.6) is 0 Å². The molecule has 0 amide bonds. The maximum Gasteiger partial charge on any atom is 0.138 e. The van der Waals surface area contributed by atoms with Crippen LogP contribution in [0.2, 0.25) is 0 Å². The van der Waals surface area contributed by atoms with E-state index in [4.69, 9.17) is 0 Å². The van der Waals surface area contributed by atoms with Crippen molar-refractivity contribution >= 4 is 11.0 Å². The second-order valence-corrected chi connectivity index (χ2v) is 6.49. The third-order valence-electron chi connectivity index (χ3n) is 4.88. The highest BCUT2D eigenvalue weighted by Gasteiger charge is 2.26. The van der Waals surface area contributed by atoms with Crippen LogP contribution in [0.15, 0.2) is 30.5 Å². The van der Waals surface area contributed by atoms with Crippen molar-refractivity contribution in [3.63, 3.8) is 0 Å². The van der Waals surface area contributed by atoms with Crippen molar-refractivity contribution in [3.8, 4) is 11.1 Å². The van der Waals surface area contributed by atoms with Gasteiger partial charge in [-0.05, 0) is 31.4 Å². The lowest BCUT2D eigenvalue weighted by atomic mass is 10.1. The van der Waals surface area contributed by atoms with E-state index in [1.165, 1.54) is 18.9 Å². The molecule has 1 aliphatic heterocycles. The van der Waals surface area contributed by atoms with Crippen LogP contribution >= 0.6 is 0 Å². The molecule has 23 heavy (non-hydrogen) atoms. The van der Waals surface area contributed by atoms with E-state index in [9.17, 15) is 9.50 Å². The zero-order chi connectivity index (χ0) is 15.6. The minimum atomic E-state index is -0.548. The van der Waals surface area contributed by atoms with Crippen molar-refractivity contribution < 1.29 is 9.50 Å². The first-order chi connectivity index (χ1) is 11.2. The van der Waals surface area contributed by atoms with Crippen LogP contribution in [-0.4, -0.2) is 19.6 Å². The van der Waals surface area contributed by atoms with Crippen LogP contribution in [-0.2, 0) is 6.54 Å². The first kappa shape index (κ1) is 13.2. The van der Waals surface area contributed by atoms with Gasteiger partial charge in [-0.3, -0.25) is 4.98 Å². The number of imidazole rings is 1. The van der Waals surface area contributed by atoms with Crippen LogP contribution < -0.4 is 0 Å². The largest absolute Gasteiger partial charge is 0.385 e. The number of fused-ring (bicyclic) bond motifs is 3. The average Bonchev–Trinajstić information content (AvgIpc) is 3.26. The quantitative estimate of drug-likeness (QED) is 0.787. The van der Waals surface area contributed by atoms with Gasteiger partial charge in [0.1, 0.15) is 17.7 Å². The predicted octanol–water partition coefficient (Wildman–Crippen LogP) is 3.55. The molecule has 2 aliphatic rings. The van der Waals surface area contributed by atoms with Gasteiger partial charge in [-0.1, -0.05) is 6.07 Å². The van der Waals surface area contributed by atoms with Crippen LogP contribution in [0, 0.1) is 5.82 Å². The Balaban J connectivity index is 1.64. The molecule has 0 saturated heterocycles. The molecule has 4 nitrogen and oxygen atoms in total. The lowest BCUT2D eigenvalue weighted by Crippen LogP contribution is -1.94. The molecule has 5 heteroatoms. The zero-order valence-electron chi connectivity index (χ0n) is 12.5. The molecule has 1 saturated carbocycles. The number of pyridine rings is 1.